The highest BCUT2D eigenvalue weighted by atomic mass is 14.4. The van der Waals surface area contributed by atoms with Crippen LogP contribution in [0.1, 0.15) is 5.56 Å². The van der Waals surface area contributed by atoms with Gasteiger partial charge in [0.15, 0.2) is 0 Å². The fourth-order valence-corrected chi connectivity index (χ4v) is 2.82. The Hall–Kier alpha value is -4.63. The largest absolute Gasteiger partial charge is 0.192 e. The molecule has 0 spiro atoms. The van der Waals surface area contributed by atoms with Gasteiger partial charge in [-0.15, -0.1) is 0 Å². The van der Waals surface area contributed by atoms with Crippen molar-refractivity contribution in [1.82, 2.24) is 0 Å². The zero-order valence-electron chi connectivity index (χ0n) is 13.3. The smallest absolute Gasteiger partial charge is 0.138 e. The monoisotopic (exact) mass is 329 g/mol. The lowest BCUT2D eigenvalue weighted by Gasteiger charge is -2.01. The second-order valence-corrected chi connectivity index (χ2v) is 5.37. The average Bonchev–Trinajstić information content (AvgIpc) is 3.39. The third-order valence-corrected chi connectivity index (χ3v) is 4.03. The molecule has 0 atom stereocenters. The molecule has 116 valence electrons. The highest BCUT2D eigenvalue weighted by molar-refractivity contribution is 6.02. The molecule has 0 saturated heterocycles. The quantitative estimate of drug-likeness (QED) is 0.737. The van der Waals surface area contributed by atoms with Gasteiger partial charge in [-0.05, 0) is 22.4 Å². The molecule has 5 heteroatoms. The van der Waals surface area contributed by atoms with E-state index in [4.69, 9.17) is 21.0 Å². The van der Waals surface area contributed by atoms with Gasteiger partial charge in [0.2, 0.25) is 0 Å². The van der Waals surface area contributed by atoms with E-state index in [9.17, 15) is 5.26 Å². The fraction of sp³-hybridized carbons (Fsp3) is 0. The van der Waals surface area contributed by atoms with Crippen LogP contribution in [0.5, 0.6) is 0 Å². The summed E-state index contributed by atoms with van der Waals surface area (Å²) >= 11 is 0. The summed E-state index contributed by atoms with van der Waals surface area (Å²) in [5.41, 5.74) is 1.12. The van der Waals surface area contributed by atoms with Crippen LogP contribution in [0, 0.1) is 56.7 Å². The molecule has 0 unspecified atom stereocenters. The maximum absolute atomic E-state index is 9.67. The molecule has 26 heavy (non-hydrogen) atoms. The molecule has 0 N–H and O–H groups in total. The van der Waals surface area contributed by atoms with Crippen molar-refractivity contribution in [3.8, 4) is 30.3 Å². The van der Waals surface area contributed by atoms with Gasteiger partial charge in [-0.25, -0.2) is 0 Å². The van der Waals surface area contributed by atoms with Crippen LogP contribution in [0.3, 0.4) is 0 Å². The first-order chi connectivity index (χ1) is 12.7. The zero-order chi connectivity index (χ0) is 18.7. The molecule has 0 bridgehead atoms. The predicted octanol–water partition coefficient (Wildman–Crippen LogP) is 3.82. The van der Waals surface area contributed by atoms with Crippen LogP contribution in [0.15, 0.2) is 70.3 Å². The van der Waals surface area contributed by atoms with E-state index in [-0.39, 0.29) is 27.9 Å². The van der Waals surface area contributed by atoms with E-state index in [1.165, 1.54) is 0 Å². The average molecular weight is 329 g/mol. The lowest BCUT2D eigenvalue weighted by Crippen LogP contribution is -1.83. The molecule has 5 nitrogen and oxygen atoms in total. The van der Waals surface area contributed by atoms with E-state index in [0.717, 1.165) is 10.8 Å². The highest BCUT2D eigenvalue weighted by Crippen LogP contribution is 2.52. The van der Waals surface area contributed by atoms with Crippen molar-refractivity contribution in [1.29, 1.82) is 26.3 Å². The predicted molar refractivity (Wildman–Crippen MR) is 93.0 cm³/mol. The summed E-state index contributed by atoms with van der Waals surface area (Å²) in [6.45, 7) is 0. The molecular weight excluding hydrogens is 322 g/mol. The van der Waals surface area contributed by atoms with Gasteiger partial charge >= 0.3 is 0 Å². The van der Waals surface area contributed by atoms with Crippen LogP contribution < -0.4 is 0 Å². The summed E-state index contributed by atoms with van der Waals surface area (Å²) in [6, 6.07) is 22.2. The molecule has 1 aliphatic carbocycles. The van der Waals surface area contributed by atoms with Crippen molar-refractivity contribution >= 4 is 16.3 Å². The number of benzene rings is 2. The lowest BCUT2D eigenvalue weighted by atomic mass is 10.0. The van der Waals surface area contributed by atoms with Crippen LogP contribution in [0.4, 0.5) is 0 Å². The maximum atomic E-state index is 9.67. The Kier molecular flexibility index (Phi) is 4.04. The molecule has 0 aliphatic heterocycles. The van der Waals surface area contributed by atoms with Crippen LogP contribution in [-0.4, -0.2) is 0 Å². The Morgan fingerprint density at radius 2 is 1.12 bits per heavy atom. The summed E-state index contributed by atoms with van der Waals surface area (Å²) in [7, 11) is 0. The number of allylic oxidation sites excluding steroid dienone is 6. The van der Waals surface area contributed by atoms with Gasteiger partial charge in [0.1, 0.15) is 41.5 Å². The minimum atomic E-state index is -0.216. The topological polar surface area (TPSA) is 119 Å². The minimum Gasteiger partial charge on any atom is -0.192 e. The van der Waals surface area contributed by atoms with E-state index < -0.39 is 0 Å². The second-order valence-electron chi connectivity index (χ2n) is 5.37. The number of fused-ring (bicyclic) bond motifs is 1. The molecule has 0 heterocycles. The minimum absolute atomic E-state index is 0.206. The summed E-state index contributed by atoms with van der Waals surface area (Å²) in [6.07, 6.45) is 0. The summed E-state index contributed by atoms with van der Waals surface area (Å²) in [5.74, 6) is 0. The summed E-state index contributed by atoms with van der Waals surface area (Å²) < 4.78 is 0. The lowest BCUT2D eigenvalue weighted by molar-refractivity contribution is 1.45. The maximum Gasteiger partial charge on any atom is 0.138 e. The second kappa shape index (κ2) is 6.47. The van der Waals surface area contributed by atoms with E-state index >= 15 is 0 Å². The number of nitrogens with zero attached hydrogens (tertiary/aromatic N) is 5. The molecule has 1 aliphatic rings. The third kappa shape index (κ3) is 2.48. The normalized spacial score (nSPS) is 11.4. The van der Waals surface area contributed by atoms with Crippen molar-refractivity contribution in [2.75, 3.05) is 0 Å². The van der Waals surface area contributed by atoms with Crippen molar-refractivity contribution in [2.45, 2.75) is 0 Å². The molecule has 2 aromatic carbocycles. The molecule has 0 aromatic heterocycles. The van der Waals surface area contributed by atoms with Gasteiger partial charge in [0, 0.05) is 16.7 Å². The van der Waals surface area contributed by atoms with E-state index in [2.05, 4.69) is 6.07 Å². The van der Waals surface area contributed by atoms with Crippen molar-refractivity contribution < 1.29 is 0 Å². The van der Waals surface area contributed by atoms with Gasteiger partial charge in [-0.2, -0.15) is 26.3 Å². The number of rotatable bonds is 1. The Morgan fingerprint density at radius 3 is 1.62 bits per heavy atom. The molecule has 1 saturated carbocycles. The van der Waals surface area contributed by atoms with Gasteiger partial charge < -0.3 is 0 Å². The molecule has 2 aromatic rings. The van der Waals surface area contributed by atoms with Crippen molar-refractivity contribution in [3.05, 3.63) is 75.9 Å². The highest BCUT2D eigenvalue weighted by Gasteiger charge is 2.41. The van der Waals surface area contributed by atoms with Gasteiger partial charge in [-0.1, -0.05) is 36.4 Å². The van der Waals surface area contributed by atoms with Crippen LogP contribution in [-0.2, 0) is 0 Å². The van der Waals surface area contributed by atoms with E-state index in [0.29, 0.717) is 11.1 Å². The van der Waals surface area contributed by atoms with E-state index in [1.807, 2.05) is 36.4 Å². The first-order valence-electron chi connectivity index (χ1n) is 7.43. The molecular formula is C21H7N5. The summed E-state index contributed by atoms with van der Waals surface area (Å²) in [4.78, 5) is 0. The van der Waals surface area contributed by atoms with Gasteiger partial charge in [-0.3, -0.25) is 0 Å². The third-order valence-electron chi connectivity index (χ3n) is 4.03. The van der Waals surface area contributed by atoms with Gasteiger partial charge in [0.05, 0.1) is 5.57 Å². The Labute approximate surface area is 149 Å². The first kappa shape index (κ1) is 16.2. The molecule has 3 rings (SSSR count). The number of nitriles is 5. The van der Waals surface area contributed by atoms with Crippen LogP contribution in [0.2, 0.25) is 0 Å². The molecule has 0 radical (unpaired) electrons. The Bertz CT molecular complexity index is 1190. The Morgan fingerprint density at radius 1 is 0.577 bits per heavy atom. The Balaban J connectivity index is 2.35. The fourth-order valence-electron chi connectivity index (χ4n) is 2.82. The molecule has 0 amide bonds. The van der Waals surface area contributed by atoms with Crippen molar-refractivity contribution in [2.24, 2.45) is 0 Å². The molecule has 1 fully saturated rings. The number of hydrogen-bond donors (Lipinski definition) is 0. The first-order valence-corrected chi connectivity index (χ1v) is 7.43. The van der Waals surface area contributed by atoms with Gasteiger partial charge in [0.25, 0.3) is 0 Å². The summed E-state index contributed by atoms with van der Waals surface area (Å²) in [5, 5.41) is 48.2. The van der Waals surface area contributed by atoms with Crippen LogP contribution in [0.25, 0.3) is 16.3 Å². The van der Waals surface area contributed by atoms with Crippen molar-refractivity contribution in [3.63, 3.8) is 0 Å². The number of hydrogen-bond acceptors (Lipinski definition) is 5. The standard InChI is InChI=1S/C21H7N5/c22-8-16(9-23)19-20(17(10-24)11-25)21(19)18(12-26)15-6-5-13-3-1-2-4-14(13)7-15/h1-7H. The SMILES string of the molecule is N#CC(C#N)=C1C(=C(C#N)C#N)C1=C(C#N)c1ccc2ccccc2c1. The van der Waals surface area contributed by atoms with Crippen LogP contribution >= 0.6 is 0 Å². The zero-order valence-corrected chi connectivity index (χ0v) is 13.3. The van der Waals surface area contributed by atoms with E-state index in [1.54, 1.807) is 30.3 Å².